The second kappa shape index (κ2) is 5.86. The van der Waals surface area contributed by atoms with Gasteiger partial charge in [-0.05, 0) is 5.56 Å². The van der Waals surface area contributed by atoms with Gasteiger partial charge in [0, 0.05) is 0 Å². The molecule has 0 spiro atoms. The van der Waals surface area contributed by atoms with Crippen LogP contribution in [0.2, 0.25) is 0 Å². The van der Waals surface area contributed by atoms with Gasteiger partial charge in [0.1, 0.15) is 5.01 Å². The van der Waals surface area contributed by atoms with Crippen molar-refractivity contribution in [3.05, 3.63) is 35.9 Å². The van der Waals surface area contributed by atoms with Crippen LogP contribution in [-0.2, 0) is 9.09 Å². The standard InChI is InChI=1S/C8H7Br2O2P/c9-7(8(10)12-13-11)6-4-2-1-3-5-6/h1-5,7-8H. The fourth-order valence-electron chi connectivity index (χ4n) is 0.883. The second-order valence-electron chi connectivity index (χ2n) is 2.34. The summed E-state index contributed by atoms with van der Waals surface area (Å²) in [6.45, 7) is 0. The van der Waals surface area contributed by atoms with E-state index in [1.54, 1.807) is 0 Å². The molecule has 0 heterocycles. The fourth-order valence-corrected chi connectivity index (χ4v) is 2.18. The van der Waals surface area contributed by atoms with E-state index in [1.165, 1.54) is 0 Å². The van der Waals surface area contributed by atoms with Crippen molar-refractivity contribution in [2.75, 3.05) is 0 Å². The van der Waals surface area contributed by atoms with Gasteiger partial charge in [0.25, 0.3) is 0 Å². The van der Waals surface area contributed by atoms with E-state index < -0.39 is 0 Å². The highest BCUT2D eigenvalue weighted by Gasteiger charge is 2.18. The summed E-state index contributed by atoms with van der Waals surface area (Å²) in [4.78, 5) is -0.00449. The maximum Gasteiger partial charge on any atom is 0.328 e. The van der Waals surface area contributed by atoms with Crippen LogP contribution >= 0.6 is 40.5 Å². The molecule has 13 heavy (non-hydrogen) atoms. The molecule has 0 bridgehead atoms. The second-order valence-corrected chi connectivity index (χ2v) is 4.59. The van der Waals surface area contributed by atoms with Crippen LogP contribution in [0.1, 0.15) is 10.4 Å². The fraction of sp³-hybridized carbons (Fsp3) is 0.250. The van der Waals surface area contributed by atoms with E-state index in [4.69, 9.17) is 4.52 Å². The van der Waals surface area contributed by atoms with Crippen LogP contribution < -0.4 is 0 Å². The van der Waals surface area contributed by atoms with E-state index in [2.05, 4.69) is 31.9 Å². The van der Waals surface area contributed by atoms with Crippen LogP contribution in [0.3, 0.4) is 0 Å². The highest BCUT2D eigenvalue weighted by Crippen LogP contribution is 2.33. The Morgan fingerprint density at radius 3 is 2.38 bits per heavy atom. The van der Waals surface area contributed by atoms with Gasteiger partial charge in [0.2, 0.25) is 0 Å². The average Bonchev–Trinajstić information content (AvgIpc) is 2.18. The maximum atomic E-state index is 10.2. The third-order valence-corrected chi connectivity index (χ3v) is 4.53. The number of benzene rings is 1. The molecule has 5 heteroatoms. The minimum Gasteiger partial charge on any atom is -0.278 e. The van der Waals surface area contributed by atoms with Crippen LogP contribution in [0.5, 0.6) is 0 Å². The first-order valence-corrected chi connectivity index (χ1v) is 6.13. The van der Waals surface area contributed by atoms with Gasteiger partial charge < -0.3 is 0 Å². The predicted octanol–water partition coefficient (Wildman–Crippen LogP) is 4.07. The molecule has 70 valence electrons. The summed E-state index contributed by atoms with van der Waals surface area (Å²) in [5.41, 5.74) is 1.08. The van der Waals surface area contributed by atoms with E-state index in [0.717, 1.165) is 5.56 Å². The summed E-state index contributed by atoms with van der Waals surface area (Å²) in [7, 11) is -0.323. The summed E-state index contributed by atoms with van der Waals surface area (Å²) >= 11 is 6.70. The lowest BCUT2D eigenvalue weighted by Crippen LogP contribution is -2.05. The Balaban J connectivity index is 2.67. The van der Waals surface area contributed by atoms with Gasteiger partial charge in [-0.15, -0.1) is 0 Å². The number of rotatable bonds is 4. The molecule has 0 saturated carbocycles. The van der Waals surface area contributed by atoms with Gasteiger partial charge in [0.15, 0.2) is 0 Å². The highest BCUT2D eigenvalue weighted by molar-refractivity contribution is 9.12. The van der Waals surface area contributed by atoms with E-state index in [9.17, 15) is 4.57 Å². The molecule has 1 aromatic rings. The molecule has 2 unspecified atom stereocenters. The average molecular weight is 326 g/mol. The Hall–Kier alpha value is 0.240. The summed E-state index contributed by atoms with van der Waals surface area (Å²) in [5, 5.41) is -0.297. The molecule has 1 aromatic carbocycles. The minimum absolute atomic E-state index is 0.00449. The van der Waals surface area contributed by atoms with E-state index >= 15 is 0 Å². The Bertz CT molecular complexity index is 268. The first-order valence-electron chi connectivity index (χ1n) is 3.57. The Labute approximate surface area is 95.2 Å². The molecule has 0 saturated heterocycles. The SMILES string of the molecule is O=POC(Br)C(Br)c1ccccc1. The highest BCUT2D eigenvalue weighted by atomic mass is 79.9. The molecule has 0 aliphatic carbocycles. The number of hydrogen-bond acceptors (Lipinski definition) is 2. The lowest BCUT2D eigenvalue weighted by molar-refractivity contribution is 0.319. The Morgan fingerprint density at radius 1 is 1.23 bits per heavy atom. The van der Waals surface area contributed by atoms with E-state index in [-0.39, 0.29) is 18.5 Å². The number of halogens is 2. The van der Waals surface area contributed by atoms with Crippen molar-refractivity contribution in [3.63, 3.8) is 0 Å². The van der Waals surface area contributed by atoms with E-state index in [1.807, 2.05) is 30.3 Å². The smallest absolute Gasteiger partial charge is 0.278 e. The van der Waals surface area contributed by atoms with Crippen LogP contribution in [0, 0.1) is 0 Å². The molecule has 0 radical (unpaired) electrons. The van der Waals surface area contributed by atoms with Crippen molar-refractivity contribution < 1.29 is 9.09 Å². The predicted molar refractivity (Wildman–Crippen MR) is 59.5 cm³/mol. The van der Waals surface area contributed by atoms with Crippen molar-refractivity contribution in [1.29, 1.82) is 0 Å². The topological polar surface area (TPSA) is 26.3 Å². The molecule has 0 aromatic heterocycles. The zero-order valence-electron chi connectivity index (χ0n) is 6.56. The summed E-state index contributed by atoms with van der Waals surface area (Å²) in [6.07, 6.45) is 0. The maximum absolute atomic E-state index is 10.2. The zero-order valence-corrected chi connectivity index (χ0v) is 10.6. The van der Waals surface area contributed by atoms with Crippen molar-refractivity contribution in [3.8, 4) is 0 Å². The molecule has 1 rings (SSSR count). The normalized spacial score (nSPS) is 15.5. The number of alkyl halides is 2. The molecule has 0 aliphatic heterocycles. The Kier molecular flexibility index (Phi) is 5.10. The van der Waals surface area contributed by atoms with Gasteiger partial charge >= 0.3 is 8.69 Å². The number of hydrogen-bond donors (Lipinski definition) is 0. The van der Waals surface area contributed by atoms with Gasteiger partial charge in [-0.25, -0.2) is 4.57 Å². The minimum atomic E-state index is -0.323. The largest absolute Gasteiger partial charge is 0.328 e. The first-order chi connectivity index (χ1) is 6.25. The monoisotopic (exact) mass is 324 g/mol. The molecule has 2 atom stereocenters. The van der Waals surface area contributed by atoms with Crippen molar-refractivity contribution in [2.24, 2.45) is 0 Å². The van der Waals surface area contributed by atoms with Crippen molar-refractivity contribution in [1.82, 2.24) is 0 Å². The van der Waals surface area contributed by atoms with Crippen molar-refractivity contribution in [2.45, 2.75) is 9.84 Å². The third kappa shape index (κ3) is 3.47. The summed E-state index contributed by atoms with van der Waals surface area (Å²) < 4.78 is 15.0. The molecular weight excluding hydrogens is 319 g/mol. The van der Waals surface area contributed by atoms with Gasteiger partial charge in [-0.3, -0.25) is 4.52 Å². The molecular formula is C8H7Br2O2P. The zero-order chi connectivity index (χ0) is 9.68. The lowest BCUT2D eigenvalue weighted by Gasteiger charge is -2.13. The lowest BCUT2D eigenvalue weighted by atomic mass is 10.2. The molecule has 0 aliphatic rings. The molecule has 0 amide bonds. The van der Waals surface area contributed by atoms with Gasteiger partial charge in [0.05, 0.1) is 4.83 Å². The van der Waals surface area contributed by atoms with Crippen LogP contribution in [0.25, 0.3) is 0 Å². The quantitative estimate of drug-likeness (QED) is 0.616. The third-order valence-electron chi connectivity index (χ3n) is 1.49. The summed E-state index contributed by atoms with van der Waals surface area (Å²) in [5.74, 6) is 0. The molecule has 2 nitrogen and oxygen atoms in total. The first kappa shape index (κ1) is 11.3. The molecule has 0 N–H and O–H groups in total. The van der Waals surface area contributed by atoms with Gasteiger partial charge in [-0.1, -0.05) is 62.2 Å². The molecule has 0 fully saturated rings. The Morgan fingerprint density at radius 2 is 1.85 bits per heavy atom. The van der Waals surface area contributed by atoms with E-state index in [0.29, 0.717) is 0 Å². The van der Waals surface area contributed by atoms with Crippen LogP contribution in [0.4, 0.5) is 0 Å². The summed E-state index contributed by atoms with van der Waals surface area (Å²) in [6, 6.07) is 9.77. The van der Waals surface area contributed by atoms with Crippen LogP contribution in [0.15, 0.2) is 30.3 Å². The van der Waals surface area contributed by atoms with Crippen molar-refractivity contribution >= 4 is 40.5 Å². The van der Waals surface area contributed by atoms with Gasteiger partial charge in [-0.2, -0.15) is 0 Å². The van der Waals surface area contributed by atoms with Crippen LogP contribution in [-0.4, -0.2) is 5.01 Å².